The summed E-state index contributed by atoms with van der Waals surface area (Å²) in [6, 6.07) is 6.85. The number of halogens is 2. The number of pyridine rings is 1. The average Bonchev–Trinajstić information content (AvgIpc) is 2.93. The number of benzene rings is 1. The minimum absolute atomic E-state index is 0.130. The van der Waals surface area contributed by atoms with Gasteiger partial charge in [-0.15, -0.1) is 0 Å². The van der Waals surface area contributed by atoms with Gasteiger partial charge in [0, 0.05) is 23.5 Å². The van der Waals surface area contributed by atoms with Gasteiger partial charge < -0.3 is 4.52 Å². The molecule has 94 valence electrons. The van der Waals surface area contributed by atoms with Gasteiger partial charge in [-0.2, -0.15) is 4.98 Å². The summed E-state index contributed by atoms with van der Waals surface area (Å²) in [4.78, 5) is 8.01. The lowest BCUT2D eigenvalue weighted by atomic mass is 10.2. The van der Waals surface area contributed by atoms with E-state index in [0.717, 1.165) is 17.7 Å². The zero-order valence-electron chi connectivity index (χ0n) is 9.55. The standard InChI is InChI=1S/C13H7F2N3O/c14-10-2-1-9(7-11(10)15)13-17-12(18-19-13)8-3-5-16-6-4-8/h1-7H. The van der Waals surface area contributed by atoms with Gasteiger partial charge in [-0.3, -0.25) is 4.98 Å². The Hall–Kier alpha value is -2.63. The number of aromatic nitrogens is 3. The molecule has 3 rings (SSSR count). The van der Waals surface area contributed by atoms with Gasteiger partial charge in [-0.05, 0) is 30.3 Å². The highest BCUT2D eigenvalue weighted by Gasteiger charge is 2.12. The van der Waals surface area contributed by atoms with E-state index in [9.17, 15) is 8.78 Å². The Morgan fingerprint density at radius 3 is 2.42 bits per heavy atom. The number of hydrogen-bond donors (Lipinski definition) is 0. The van der Waals surface area contributed by atoms with E-state index in [1.54, 1.807) is 24.5 Å². The molecule has 0 saturated heterocycles. The van der Waals surface area contributed by atoms with Gasteiger partial charge >= 0.3 is 0 Å². The quantitative estimate of drug-likeness (QED) is 0.709. The lowest BCUT2D eigenvalue weighted by Gasteiger charge is -1.95. The summed E-state index contributed by atoms with van der Waals surface area (Å²) in [6.45, 7) is 0. The largest absolute Gasteiger partial charge is 0.334 e. The van der Waals surface area contributed by atoms with Crippen molar-refractivity contribution in [2.75, 3.05) is 0 Å². The van der Waals surface area contributed by atoms with E-state index in [0.29, 0.717) is 11.4 Å². The van der Waals surface area contributed by atoms with Gasteiger partial charge in [-0.1, -0.05) is 5.16 Å². The van der Waals surface area contributed by atoms with Gasteiger partial charge in [-0.25, -0.2) is 8.78 Å². The summed E-state index contributed by atoms with van der Waals surface area (Å²) < 4.78 is 31.0. The van der Waals surface area contributed by atoms with Crippen molar-refractivity contribution in [2.24, 2.45) is 0 Å². The predicted octanol–water partition coefficient (Wildman–Crippen LogP) is 3.08. The monoisotopic (exact) mass is 259 g/mol. The summed E-state index contributed by atoms with van der Waals surface area (Å²) in [7, 11) is 0. The third kappa shape index (κ3) is 2.20. The molecule has 0 unspecified atom stereocenters. The Bertz CT molecular complexity index is 713. The Morgan fingerprint density at radius 1 is 0.895 bits per heavy atom. The molecule has 0 bridgehead atoms. The maximum atomic E-state index is 13.1. The summed E-state index contributed by atoms with van der Waals surface area (Å²) in [5, 5.41) is 3.78. The smallest absolute Gasteiger partial charge is 0.258 e. The molecule has 0 aliphatic carbocycles. The third-order valence-electron chi connectivity index (χ3n) is 2.53. The van der Waals surface area contributed by atoms with Crippen molar-refractivity contribution >= 4 is 0 Å². The molecule has 0 radical (unpaired) electrons. The zero-order valence-corrected chi connectivity index (χ0v) is 9.55. The molecule has 4 nitrogen and oxygen atoms in total. The molecular weight excluding hydrogens is 252 g/mol. The van der Waals surface area contributed by atoms with Crippen molar-refractivity contribution in [3.63, 3.8) is 0 Å². The second-order valence-electron chi connectivity index (χ2n) is 3.79. The molecule has 0 aliphatic heterocycles. The molecule has 6 heteroatoms. The molecule has 19 heavy (non-hydrogen) atoms. The van der Waals surface area contributed by atoms with E-state index < -0.39 is 11.6 Å². The van der Waals surface area contributed by atoms with Gasteiger partial charge in [0.15, 0.2) is 11.6 Å². The molecule has 2 heterocycles. The van der Waals surface area contributed by atoms with Crippen LogP contribution in [-0.2, 0) is 0 Å². The van der Waals surface area contributed by atoms with Crippen molar-refractivity contribution in [1.29, 1.82) is 0 Å². The van der Waals surface area contributed by atoms with Crippen LogP contribution in [0.15, 0.2) is 47.2 Å². The molecule has 1 aromatic carbocycles. The molecule has 2 aromatic heterocycles. The van der Waals surface area contributed by atoms with Crippen LogP contribution in [0.3, 0.4) is 0 Å². The van der Waals surface area contributed by atoms with Crippen LogP contribution in [0, 0.1) is 11.6 Å². The van der Waals surface area contributed by atoms with Crippen LogP contribution in [0.4, 0.5) is 8.78 Å². The van der Waals surface area contributed by atoms with Gasteiger partial charge in [0.05, 0.1) is 0 Å². The molecule has 0 N–H and O–H groups in total. The van der Waals surface area contributed by atoms with Crippen molar-refractivity contribution in [3.8, 4) is 22.8 Å². The zero-order chi connectivity index (χ0) is 13.2. The fourth-order valence-electron chi connectivity index (χ4n) is 1.59. The predicted molar refractivity (Wildman–Crippen MR) is 62.9 cm³/mol. The second kappa shape index (κ2) is 4.56. The van der Waals surface area contributed by atoms with E-state index in [1.165, 1.54) is 6.07 Å². The van der Waals surface area contributed by atoms with E-state index in [4.69, 9.17) is 4.52 Å². The topological polar surface area (TPSA) is 51.8 Å². The highest BCUT2D eigenvalue weighted by Crippen LogP contribution is 2.23. The third-order valence-corrected chi connectivity index (χ3v) is 2.53. The Labute approximate surface area is 106 Å². The number of rotatable bonds is 2. The number of nitrogens with zero attached hydrogens (tertiary/aromatic N) is 3. The van der Waals surface area contributed by atoms with Crippen LogP contribution in [0.25, 0.3) is 22.8 Å². The number of hydrogen-bond acceptors (Lipinski definition) is 4. The van der Waals surface area contributed by atoms with Gasteiger partial charge in [0.1, 0.15) is 0 Å². The molecule has 0 amide bonds. The first-order chi connectivity index (χ1) is 9.24. The van der Waals surface area contributed by atoms with Crippen molar-refractivity contribution in [2.45, 2.75) is 0 Å². The summed E-state index contributed by atoms with van der Waals surface area (Å²) in [5.74, 6) is -1.38. The van der Waals surface area contributed by atoms with Crippen LogP contribution in [-0.4, -0.2) is 15.1 Å². The van der Waals surface area contributed by atoms with E-state index in [2.05, 4.69) is 15.1 Å². The fourth-order valence-corrected chi connectivity index (χ4v) is 1.59. The lowest BCUT2D eigenvalue weighted by molar-refractivity contribution is 0.431. The highest BCUT2D eigenvalue weighted by atomic mass is 19.2. The molecule has 0 saturated carbocycles. The van der Waals surface area contributed by atoms with Crippen LogP contribution in [0.1, 0.15) is 0 Å². The SMILES string of the molecule is Fc1ccc(-c2nc(-c3ccncc3)no2)cc1F. The fraction of sp³-hybridized carbons (Fsp3) is 0. The molecule has 0 spiro atoms. The average molecular weight is 259 g/mol. The van der Waals surface area contributed by atoms with E-state index in [-0.39, 0.29) is 5.89 Å². The first kappa shape index (κ1) is 11.5. The van der Waals surface area contributed by atoms with Gasteiger partial charge in [0.25, 0.3) is 5.89 Å². The van der Waals surface area contributed by atoms with Crippen LogP contribution in [0.5, 0.6) is 0 Å². The summed E-state index contributed by atoms with van der Waals surface area (Å²) in [6.07, 6.45) is 3.20. The first-order valence-corrected chi connectivity index (χ1v) is 5.43. The van der Waals surface area contributed by atoms with E-state index in [1.807, 2.05) is 0 Å². The van der Waals surface area contributed by atoms with Crippen molar-refractivity contribution in [1.82, 2.24) is 15.1 Å². The Morgan fingerprint density at radius 2 is 1.68 bits per heavy atom. The molecule has 0 fully saturated rings. The lowest BCUT2D eigenvalue weighted by Crippen LogP contribution is -1.86. The normalized spacial score (nSPS) is 10.6. The maximum absolute atomic E-state index is 13.1. The molecular formula is C13H7F2N3O. The van der Waals surface area contributed by atoms with Crippen LogP contribution < -0.4 is 0 Å². The minimum Gasteiger partial charge on any atom is -0.334 e. The second-order valence-corrected chi connectivity index (χ2v) is 3.79. The Kier molecular flexibility index (Phi) is 2.75. The van der Waals surface area contributed by atoms with Crippen molar-refractivity contribution < 1.29 is 13.3 Å². The highest BCUT2D eigenvalue weighted by molar-refractivity contribution is 5.59. The van der Waals surface area contributed by atoms with E-state index >= 15 is 0 Å². The summed E-state index contributed by atoms with van der Waals surface area (Å²) >= 11 is 0. The first-order valence-electron chi connectivity index (χ1n) is 5.43. The van der Waals surface area contributed by atoms with Crippen molar-refractivity contribution in [3.05, 3.63) is 54.4 Å². The molecule has 3 aromatic rings. The van der Waals surface area contributed by atoms with Crippen LogP contribution in [0.2, 0.25) is 0 Å². The summed E-state index contributed by atoms with van der Waals surface area (Å²) in [5.41, 5.74) is 1.05. The molecule has 0 aliphatic rings. The minimum atomic E-state index is -0.957. The molecule has 0 atom stereocenters. The maximum Gasteiger partial charge on any atom is 0.258 e. The Balaban J connectivity index is 1.99. The van der Waals surface area contributed by atoms with Gasteiger partial charge in [0.2, 0.25) is 5.82 Å². The van der Waals surface area contributed by atoms with Crippen LogP contribution >= 0.6 is 0 Å².